The second-order valence-electron chi connectivity index (χ2n) is 35.4. The zero-order valence-corrected chi connectivity index (χ0v) is 71.9. The largest absolute Gasteiger partial charge is 0.382 e. The standard InChI is InChI=1S/C97H189ClN2O4/c1-102-91-92-104-94-93-103-90-89-99-87-79-71-67-63-59-55-51-47-43-39-35-31-27-25-23-21-19-17-15-13-11-9-7-5-3-2-4-6-8-10-12-14-16-18-20-22-24-26-28-32-36-40-44-48-52-56-60-64-68-74-82-96(84-76-72-80-88-99)83-75-69-65-61-57-53-49-45-41-37-33-29-30-34-38-42-46-50-54-58-62-66-70-77-85-97(100(96)98)86-78-73-81-95(97)101/h2-94H2,1H3. The first-order chi connectivity index (χ1) is 51.6. The van der Waals surface area contributed by atoms with Gasteiger partial charge in [0, 0.05) is 25.6 Å². The molecule has 3 aliphatic rings. The van der Waals surface area contributed by atoms with Gasteiger partial charge in [-0.3, -0.25) is 4.79 Å². The average Bonchev–Trinajstić information content (AvgIpc) is 0.760. The highest BCUT2D eigenvalue weighted by molar-refractivity contribution is 6.16. The molecule has 1 aliphatic carbocycles. The highest BCUT2D eigenvalue weighted by atomic mass is 35.5. The molecule has 7 heteroatoms. The van der Waals surface area contributed by atoms with Crippen molar-refractivity contribution in [2.45, 2.75) is 557 Å². The van der Waals surface area contributed by atoms with Gasteiger partial charge in [-0.1, -0.05) is 488 Å². The minimum absolute atomic E-state index is 0.131. The Morgan fingerprint density at radius 3 is 0.663 bits per heavy atom. The summed E-state index contributed by atoms with van der Waals surface area (Å²) in [5, 5.41) is 0. The second-order valence-corrected chi connectivity index (χ2v) is 35.8. The van der Waals surface area contributed by atoms with Gasteiger partial charge in [0.15, 0.2) is 5.78 Å². The molecule has 2 atom stereocenters. The second kappa shape index (κ2) is 78.1. The number of nitrogens with zero attached hydrogens (tertiary/aromatic N) is 2. The van der Waals surface area contributed by atoms with Gasteiger partial charge in [0.25, 0.3) is 0 Å². The van der Waals surface area contributed by atoms with E-state index in [-0.39, 0.29) is 5.54 Å². The van der Waals surface area contributed by atoms with Crippen LogP contribution in [0.1, 0.15) is 546 Å². The summed E-state index contributed by atoms with van der Waals surface area (Å²) in [6, 6.07) is 0. The third kappa shape index (κ3) is 59.5. The Balaban J connectivity index is 1.64. The lowest BCUT2D eigenvalue weighted by Crippen LogP contribution is -2.61. The van der Waals surface area contributed by atoms with Gasteiger partial charge in [0.1, 0.15) is 0 Å². The molecule has 2 saturated heterocycles. The fourth-order valence-electron chi connectivity index (χ4n) is 18.8. The van der Waals surface area contributed by atoms with Crippen LogP contribution in [0.2, 0.25) is 0 Å². The maximum Gasteiger partial charge on any atom is 0.154 e. The average molecular weight is 1480 g/mol. The first-order valence-electron chi connectivity index (χ1n) is 49.0. The molecule has 0 aromatic heterocycles. The smallest absolute Gasteiger partial charge is 0.154 e. The van der Waals surface area contributed by atoms with Gasteiger partial charge in [-0.2, -0.15) is 0 Å². The van der Waals surface area contributed by atoms with E-state index in [0.29, 0.717) is 32.2 Å². The molecular weight excluding hydrogens is 1290 g/mol. The van der Waals surface area contributed by atoms with Crippen molar-refractivity contribution in [1.29, 1.82) is 0 Å². The summed E-state index contributed by atoms with van der Waals surface area (Å²) in [5.74, 6) is 0.485. The molecular formula is C97H189ClN2O4. The van der Waals surface area contributed by atoms with Crippen LogP contribution < -0.4 is 0 Å². The number of ether oxygens (including phenoxy) is 3. The van der Waals surface area contributed by atoms with E-state index in [1.54, 1.807) is 7.11 Å². The quantitative estimate of drug-likeness (QED) is 0.169. The summed E-state index contributed by atoms with van der Waals surface area (Å²) in [5.41, 5.74) is -0.639. The Morgan fingerprint density at radius 1 is 0.240 bits per heavy atom. The number of rotatable bonds is 9. The highest BCUT2D eigenvalue weighted by Gasteiger charge is 2.51. The van der Waals surface area contributed by atoms with Gasteiger partial charge in [-0.15, -0.1) is 0 Å². The zero-order chi connectivity index (χ0) is 73.6. The van der Waals surface area contributed by atoms with Crippen molar-refractivity contribution in [1.82, 2.24) is 9.32 Å². The van der Waals surface area contributed by atoms with Crippen molar-refractivity contribution in [3.63, 3.8) is 0 Å². The fourth-order valence-corrected chi connectivity index (χ4v) is 19.3. The lowest BCUT2D eigenvalue weighted by Gasteiger charge is -2.52. The molecule has 104 heavy (non-hydrogen) atoms. The summed E-state index contributed by atoms with van der Waals surface area (Å²) in [7, 11) is 1.74. The third-order valence-electron chi connectivity index (χ3n) is 25.9. The van der Waals surface area contributed by atoms with Crippen LogP contribution in [0.25, 0.3) is 0 Å². The molecule has 2 unspecified atom stereocenters. The molecule has 2 aliphatic heterocycles. The molecule has 6 nitrogen and oxygen atoms in total. The van der Waals surface area contributed by atoms with Crippen molar-refractivity contribution >= 4 is 17.6 Å². The van der Waals surface area contributed by atoms with Crippen LogP contribution in [0.15, 0.2) is 0 Å². The molecule has 3 fully saturated rings. The van der Waals surface area contributed by atoms with Crippen LogP contribution in [-0.2, 0) is 19.0 Å². The molecule has 1 saturated carbocycles. The van der Waals surface area contributed by atoms with Crippen molar-refractivity contribution in [3.8, 4) is 0 Å². The highest BCUT2D eigenvalue weighted by Crippen LogP contribution is 2.47. The lowest BCUT2D eigenvalue weighted by atomic mass is 9.72. The summed E-state index contributed by atoms with van der Waals surface area (Å²) in [6.45, 7) is 6.65. The Morgan fingerprint density at radius 2 is 0.423 bits per heavy atom. The SMILES string of the molecule is COCCOCCOCCN1CCCCCCCCCCCCCCCCCCCCCCCCCCCCCCCCCCCCCCCCCCCCCCCCCCCCC2(CCCCCCCCCCCCCCCCCCCCCCCCCCC3(CCCCC3=O)N2Cl)CCCCC1. The van der Waals surface area contributed by atoms with Crippen molar-refractivity contribution in [3.05, 3.63) is 0 Å². The van der Waals surface area contributed by atoms with Gasteiger partial charge >= 0.3 is 0 Å². The van der Waals surface area contributed by atoms with E-state index in [1.807, 2.05) is 0 Å². The summed E-state index contributed by atoms with van der Waals surface area (Å²) in [4.78, 5) is 17.7. The molecule has 0 aromatic rings. The number of carbonyl (C=O) groups excluding carboxylic acids is 1. The lowest BCUT2D eigenvalue weighted by molar-refractivity contribution is -0.136. The monoisotopic (exact) mass is 1480 g/mol. The minimum Gasteiger partial charge on any atom is -0.382 e. The number of ketones is 1. The molecule has 3 rings (SSSR count). The summed E-state index contributed by atoms with van der Waals surface area (Å²) >= 11 is 8.35. The Hall–Kier alpha value is -0.240. The van der Waals surface area contributed by atoms with E-state index in [4.69, 9.17) is 26.0 Å². The number of Topliss-reactive ketones (excluding diaryl/α,β-unsaturated/α-hetero) is 1. The minimum atomic E-state index is -0.509. The number of carbonyl (C=O) groups is 1. The maximum absolute atomic E-state index is 14.9. The third-order valence-corrected chi connectivity index (χ3v) is 26.6. The molecule has 2 spiro atoms. The van der Waals surface area contributed by atoms with Gasteiger partial charge in [0.05, 0.1) is 38.6 Å². The van der Waals surface area contributed by atoms with E-state index in [1.165, 1.54) is 495 Å². The Kier molecular flexibility index (Phi) is 73.5. The first-order valence-corrected chi connectivity index (χ1v) is 49.3. The number of hydrogen-bond acceptors (Lipinski definition) is 6. The van der Waals surface area contributed by atoms with Gasteiger partial charge < -0.3 is 19.1 Å². The molecule has 0 aromatic carbocycles. The van der Waals surface area contributed by atoms with Gasteiger partial charge in [0.2, 0.25) is 0 Å². The first kappa shape index (κ1) is 98.0. The van der Waals surface area contributed by atoms with E-state index in [9.17, 15) is 4.79 Å². The molecule has 2 heterocycles. The van der Waals surface area contributed by atoms with Crippen LogP contribution in [0.4, 0.5) is 0 Å². The Bertz CT molecular complexity index is 1700. The molecule has 0 radical (unpaired) electrons. The topological polar surface area (TPSA) is 51.2 Å². The number of halogens is 1. The van der Waals surface area contributed by atoms with E-state index in [0.717, 1.165) is 77.5 Å². The van der Waals surface area contributed by atoms with Gasteiger partial charge in [-0.05, 0) is 76.2 Å². The van der Waals surface area contributed by atoms with E-state index in [2.05, 4.69) is 9.32 Å². The number of hydrogen-bond donors (Lipinski definition) is 0. The predicted octanol–water partition coefficient (Wildman–Crippen LogP) is 32.7. The van der Waals surface area contributed by atoms with Crippen molar-refractivity contribution in [2.75, 3.05) is 59.8 Å². The van der Waals surface area contributed by atoms with Crippen LogP contribution in [0.5, 0.6) is 0 Å². The van der Waals surface area contributed by atoms with Crippen LogP contribution in [0.3, 0.4) is 0 Å². The predicted molar refractivity (Wildman–Crippen MR) is 461 cm³/mol. The summed E-state index contributed by atoms with van der Waals surface area (Å²) in [6.07, 6.45) is 117. The van der Waals surface area contributed by atoms with Gasteiger partial charge in [-0.25, -0.2) is 4.42 Å². The van der Waals surface area contributed by atoms with Crippen molar-refractivity contribution < 1.29 is 19.0 Å². The van der Waals surface area contributed by atoms with Crippen LogP contribution >= 0.6 is 11.8 Å². The molecule has 0 N–H and O–H groups in total. The molecule has 0 amide bonds. The van der Waals surface area contributed by atoms with E-state index < -0.39 is 5.54 Å². The van der Waals surface area contributed by atoms with Crippen LogP contribution in [-0.4, -0.2) is 86.0 Å². The zero-order valence-electron chi connectivity index (χ0n) is 71.2. The summed E-state index contributed by atoms with van der Waals surface area (Å²) < 4.78 is 19.6. The van der Waals surface area contributed by atoms with Crippen molar-refractivity contribution in [2.24, 2.45) is 0 Å². The number of methoxy groups -OCH3 is 1. The van der Waals surface area contributed by atoms with E-state index >= 15 is 0 Å². The fraction of sp³-hybridized carbons (Fsp3) is 0.990. The Labute approximate surface area is 658 Å². The molecule has 618 valence electrons. The van der Waals surface area contributed by atoms with Crippen LogP contribution in [0, 0.1) is 0 Å². The maximum atomic E-state index is 14.9. The molecule has 0 bridgehead atoms. The normalized spacial score (nSPS) is 26.3.